The Labute approximate surface area is 180 Å². The molecule has 1 N–H and O–H groups in total. The van der Waals surface area contributed by atoms with Gasteiger partial charge in [0.25, 0.3) is 0 Å². The van der Waals surface area contributed by atoms with Crippen molar-refractivity contribution in [3.63, 3.8) is 0 Å². The summed E-state index contributed by atoms with van der Waals surface area (Å²) in [5.74, 6) is 0.616. The number of hydrogen-bond acceptors (Lipinski definition) is 3. The van der Waals surface area contributed by atoms with Crippen LogP contribution in [0.1, 0.15) is 5.56 Å². The SMILES string of the molecule is CBc1ccc2c3ccc(C)cc3c3nc(-c4c(O)ccc5ccccc45)oc3c2c1. The third-order valence-corrected chi connectivity index (χ3v) is 6.21. The van der Waals surface area contributed by atoms with Crippen molar-refractivity contribution in [1.82, 2.24) is 4.98 Å². The van der Waals surface area contributed by atoms with Gasteiger partial charge in [0, 0.05) is 10.8 Å². The van der Waals surface area contributed by atoms with Crippen molar-refractivity contribution >= 4 is 56.2 Å². The minimum absolute atomic E-state index is 0.171. The number of hydrogen-bond donors (Lipinski definition) is 1. The Bertz CT molecular complexity index is 1650. The summed E-state index contributed by atoms with van der Waals surface area (Å²) in [5.41, 5.74) is 4.67. The summed E-state index contributed by atoms with van der Waals surface area (Å²) >= 11 is 0. The lowest BCUT2D eigenvalue weighted by atomic mass is 9.73. The van der Waals surface area contributed by atoms with Crippen molar-refractivity contribution in [2.75, 3.05) is 0 Å². The lowest BCUT2D eigenvalue weighted by Crippen LogP contribution is -2.09. The zero-order chi connectivity index (χ0) is 21.1. The van der Waals surface area contributed by atoms with E-state index >= 15 is 0 Å². The minimum Gasteiger partial charge on any atom is -0.507 e. The number of phenols is 1. The van der Waals surface area contributed by atoms with Crippen LogP contribution in [0.4, 0.5) is 0 Å². The largest absolute Gasteiger partial charge is 0.507 e. The average molecular weight is 401 g/mol. The molecule has 0 atom stereocenters. The second-order valence-corrected chi connectivity index (χ2v) is 8.16. The number of benzene rings is 5. The molecule has 0 aliphatic rings. The van der Waals surface area contributed by atoms with Crippen molar-refractivity contribution in [1.29, 1.82) is 0 Å². The monoisotopic (exact) mass is 401 g/mol. The number of aromatic nitrogens is 1. The molecule has 1 aromatic heterocycles. The molecule has 31 heavy (non-hydrogen) atoms. The third kappa shape index (κ3) is 2.65. The molecule has 0 unspecified atom stereocenters. The summed E-state index contributed by atoms with van der Waals surface area (Å²) in [4.78, 5) is 4.94. The molecule has 4 heteroatoms. The topological polar surface area (TPSA) is 46.3 Å². The van der Waals surface area contributed by atoms with Crippen LogP contribution in [0, 0.1) is 6.92 Å². The van der Waals surface area contributed by atoms with Gasteiger partial charge in [-0.2, -0.15) is 0 Å². The fraction of sp³-hybridized carbons (Fsp3) is 0.0741. The van der Waals surface area contributed by atoms with E-state index in [1.54, 1.807) is 6.07 Å². The predicted octanol–water partition coefficient (Wildman–Crippen LogP) is 6.08. The van der Waals surface area contributed by atoms with E-state index in [1.165, 1.54) is 11.0 Å². The smallest absolute Gasteiger partial charge is 0.231 e. The van der Waals surface area contributed by atoms with Gasteiger partial charge in [-0.15, -0.1) is 0 Å². The van der Waals surface area contributed by atoms with Crippen molar-refractivity contribution in [3.05, 3.63) is 78.4 Å². The Morgan fingerprint density at radius 1 is 0.806 bits per heavy atom. The van der Waals surface area contributed by atoms with Crippen molar-refractivity contribution in [3.8, 4) is 17.2 Å². The fourth-order valence-electron chi connectivity index (χ4n) is 4.60. The third-order valence-electron chi connectivity index (χ3n) is 6.21. The van der Waals surface area contributed by atoms with Crippen LogP contribution in [0.5, 0.6) is 5.75 Å². The molecule has 0 saturated heterocycles. The predicted molar refractivity (Wildman–Crippen MR) is 131 cm³/mol. The standard InChI is InChI=1S/C27H20BNO2/c1-15-7-10-19-20-11-9-17(28-2)14-22(20)26-25(21(19)13-15)29-27(31-26)24-18-6-4-3-5-16(18)8-12-23(24)30/h3-14,28,30H,1-2H3. The summed E-state index contributed by atoms with van der Waals surface area (Å²) in [6.07, 6.45) is 0. The highest BCUT2D eigenvalue weighted by Gasteiger charge is 2.20. The molecule has 0 spiro atoms. The molecule has 1 heterocycles. The van der Waals surface area contributed by atoms with Crippen LogP contribution in [0.2, 0.25) is 6.82 Å². The molecular formula is C27H20BNO2. The first-order valence-electron chi connectivity index (χ1n) is 10.6. The summed E-state index contributed by atoms with van der Waals surface area (Å²) in [5, 5.41) is 17.2. The lowest BCUT2D eigenvalue weighted by molar-refractivity contribution is 0.475. The van der Waals surface area contributed by atoms with Crippen LogP contribution in [0.3, 0.4) is 0 Å². The Balaban J connectivity index is 1.79. The van der Waals surface area contributed by atoms with E-state index in [1.807, 2.05) is 30.3 Å². The number of aryl methyl sites for hydroxylation is 1. The zero-order valence-corrected chi connectivity index (χ0v) is 17.4. The first-order chi connectivity index (χ1) is 15.1. The second-order valence-electron chi connectivity index (χ2n) is 8.16. The van der Waals surface area contributed by atoms with Crippen molar-refractivity contribution in [2.45, 2.75) is 13.7 Å². The highest BCUT2D eigenvalue weighted by molar-refractivity contribution is 6.52. The normalized spacial score (nSPS) is 11.7. The number of fused-ring (bicyclic) bond motifs is 7. The van der Waals surface area contributed by atoms with Gasteiger partial charge in [-0.25, -0.2) is 4.98 Å². The maximum Gasteiger partial charge on any atom is 0.231 e. The van der Waals surface area contributed by atoms with Crippen LogP contribution < -0.4 is 5.46 Å². The molecule has 6 aromatic rings. The minimum atomic E-state index is 0.171. The molecule has 5 aromatic carbocycles. The maximum atomic E-state index is 10.7. The first-order valence-corrected chi connectivity index (χ1v) is 10.6. The highest BCUT2D eigenvalue weighted by atomic mass is 16.3. The van der Waals surface area contributed by atoms with E-state index in [-0.39, 0.29) is 5.75 Å². The summed E-state index contributed by atoms with van der Waals surface area (Å²) in [6.45, 7) is 4.25. The van der Waals surface area contributed by atoms with Gasteiger partial charge in [0.05, 0.1) is 5.56 Å². The van der Waals surface area contributed by atoms with E-state index in [0.717, 1.165) is 50.7 Å². The van der Waals surface area contributed by atoms with Gasteiger partial charge in [0.1, 0.15) is 11.3 Å². The fourth-order valence-corrected chi connectivity index (χ4v) is 4.60. The summed E-state index contributed by atoms with van der Waals surface area (Å²) in [7, 11) is 0.953. The van der Waals surface area contributed by atoms with Gasteiger partial charge in [0.15, 0.2) is 12.9 Å². The molecule has 0 aliphatic carbocycles. The van der Waals surface area contributed by atoms with E-state index in [0.29, 0.717) is 11.5 Å². The zero-order valence-electron chi connectivity index (χ0n) is 17.4. The number of phenolic OH excluding ortho intramolecular Hbond substituents is 1. The van der Waals surface area contributed by atoms with E-state index in [4.69, 9.17) is 9.40 Å². The van der Waals surface area contributed by atoms with Crippen LogP contribution in [-0.4, -0.2) is 17.4 Å². The van der Waals surface area contributed by atoms with E-state index in [2.05, 4.69) is 50.1 Å². The average Bonchev–Trinajstić information content (AvgIpc) is 3.24. The molecule has 0 aliphatic heterocycles. The van der Waals surface area contributed by atoms with E-state index in [9.17, 15) is 5.11 Å². The maximum absolute atomic E-state index is 10.7. The molecule has 0 saturated carbocycles. The van der Waals surface area contributed by atoms with Gasteiger partial charge in [-0.1, -0.05) is 78.5 Å². The Morgan fingerprint density at radius 2 is 1.61 bits per heavy atom. The molecule has 3 nitrogen and oxygen atoms in total. The summed E-state index contributed by atoms with van der Waals surface area (Å²) < 4.78 is 6.43. The van der Waals surface area contributed by atoms with Crippen LogP contribution in [0.25, 0.3) is 54.9 Å². The number of aromatic hydroxyl groups is 1. The molecule has 0 radical (unpaired) electrons. The lowest BCUT2D eigenvalue weighted by Gasteiger charge is -2.07. The molecule has 0 fully saturated rings. The Hall–Kier alpha value is -3.79. The number of rotatable bonds is 2. The molecule has 148 valence electrons. The molecule has 6 rings (SSSR count). The van der Waals surface area contributed by atoms with Crippen molar-refractivity contribution in [2.24, 2.45) is 0 Å². The highest BCUT2D eigenvalue weighted by Crippen LogP contribution is 2.41. The number of nitrogens with zero attached hydrogens (tertiary/aromatic N) is 1. The Kier molecular flexibility index (Phi) is 3.84. The van der Waals surface area contributed by atoms with Gasteiger partial charge in [-0.3, -0.25) is 0 Å². The van der Waals surface area contributed by atoms with Crippen LogP contribution >= 0.6 is 0 Å². The quantitative estimate of drug-likeness (QED) is 0.283. The second kappa shape index (κ2) is 6.61. The van der Waals surface area contributed by atoms with E-state index < -0.39 is 0 Å². The van der Waals surface area contributed by atoms with Crippen LogP contribution in [-0.2, 0) is 0 Å². The van der Waals surface area contributed by atoms with Gasteiger partial charge in [0.2, 0.25) is 5.89 Å². The summed E-state index contributed by atoms with van der Waals surface area (Å²) in [6, 6.07) is 24.7. The van der Waals surface area contributed by atoms with Crippen LogP contribution in [0.15, 0.2) is 77.2 Å². The molecule has 0 bridgehead atoms. The molecule has 0 amide bonds. The molecular weight excluding hydrogens is 381 g/mol. The number of oxazole rings is 1. The van der Waals surface area contributed by atoms with Gasteiger partial charge >= 0.3 is 0 Å². The van der Waals surface area contributed by atoms with Crippen molar-refractivity contribution < 1.29 is 9.52 Å². The first kappa shape index (κ1) is 18.0. The van der Waals surface area contributed by atoms with Gasteiger partial charge in [-0.05, 0) is 40.6 Å². The van der Waals surface area contributed by atoms with Gasteiger partial charge < -0.3 is 9.52 Å². The Morgan fingerprint density at radius 3 is 2.48 bits per heavy atom.